The van der Waals surface area contributed by atoms with Crippen LogP contribution in [0.15, 0.2) is 0 Å². The Kier molecular flexibility index (Phi) is 2.70. The molecule has 2 bridgehead atoms. The Labute approximate surface area is 122 Å². The quantitative estimate of drug-likeness (QED) is 0.741. The number of hydrogen-bond donors (Lipinski definition) is 1. The third-order valence-corrected chi connectivity index (χ3v) is 7.31. The molecule has 2 saturated carbocycles. The first-order valence-corrected chi connectivity index (χ1v) is 8.41. The Morgan fingerprint density at radius 1 is 1.05 bits per heavy atom. The van der Waals surface area contributed by atoms with Gasteiger partial charge in [-0.1, -0.05) is 13.8 Å². The largest absolute Gasteiger partial charge is 0.393 e. The average molecular weight is 280 g/mol. The summed E-state index contributed by atoms with van der Waals surface area (Å²) in [6, 6.07) is 0. The molecule has 7 atom stereocenters. The van der Waals surface area contributed by atoms with Crippen molar-refractivity contribution in [2.24, 2.45) is 23.2 Å². The fraction of sp³-hybridized carbons (Fsp3) is 1.00. The molecule has 0 unspecified atom stereocenters. The zero-order valence-corrected chi connectivity index (χ0v) is 13.0. The summed E-state index contributed by atoms with van der Waals surface area (Å²) in [6.45, 7) is 7.62. The van der Waals surface area contributed by atoms with E-state index in [-0.39, 0.29) is 17.5 Å². The highest BCUT2D eigenvalue weighted by molar-refractivity contribution is 5.12. The molecule has 2 saturated heterocycles. The number of fused-ring (bicyclic) bond motifs is 3. The summed E-state index contributed by atoms with van der Waals surface area (Å²) < 4.78 is 12.5. The van der Waals surface area contributed by atoms with Crippen molar-refractivity contribution in [2.75, 3.05) is 6.61 Å². The van der Waals surface area contributed by atoms with Crippen molar-refractivity contribution in [1.29, 1.82) is 0 Å². The van der Waals surface area contributed by atoms with Gasteiger partial charge in [-0.3, -0.25) is 0 Å². The maximum atomic E-state index is 10.2. The second-order valence-corrected chi connectivity index (χ2v) is 8.30. The van der Waals surface area contributed by atoms with E-state index in [1.54, 1.807) is 0 Å². The summed E-state index contributed by atoms with van der Waals surface area (Å²) in [5.74, 6) is 1.37. The molecule has 3 nitrogen and oxygen atoms in total. The van der Waals surface area contributed by atoms with Gasteiger partial charge < -0.3 is 14.6 Å². The second-order valence-electron chi connectivity index (χ2n) is 8.30. The van der Waals surface area contributed by atoms with E-state index in [9.17, 15) is 5.11 Å². The average Bonchev–Trinajstić information content (AvgIpc) is 2.65. The van der Waals surface area contributed by atoms with Crippen LogP contribution >= 0.6 is 0 Å². The van der Waals surface area contributed by atoms with Crippen molar-refractivity contribution in [2.45, 2.75) is 76.8 Å². The van der Waals surface area contributed by atoms with Gasteiger partial charge in [0.25, 0.3) is 0 Å². The first-order chi connectivity index (χ1) is 9.39. The maximum absolute atomic E-state index is 10.2. The summed E-state index contributed by atoms with van der Waals surface area (Å²) in [5.41, 5.74) is 0.298. The molecule has 2 aliphatic carbocycles. The monoisotopic (exact) mass is 280 g/mol. The molecule has 0 radical (unpaired) electrons. The first-order valence-electron chi connectivity index (χ1n) is 8.41. The molecule has 0 aromatic carbocycles. The minimum absolute atomic E-state index is 0.0275. The lowest BCUT2D eigenvalue weighted by Crippen LogP contribution is -2.61. The Bertz CT molecular complexity index is 424. The standard InChI is InChI=1S/C17H28O3/c1-11-12-4-9-17-10-19-16(3,20-17)8-6-14(17)15(12,2)7-5-13(11)18/h11-14,18H,4-10H2,1-3H3/t11-,12-,13-,14+,15-,16-,17-/m0/s1. The molecule has 0 amide bonds. The summed E-state index contributed by atoms with van der Waals surface area (Å²) >= 11 is 0. The number of rotatable bonds is 0. The molecular formula is C17H28O3. The Morgan fingerprint density at radius 2 is 1.85 bits per heavy atom. The molecule has 1 spiro atoms. The van der Waals surface area contributed by atoms with E-state index in [0.717, 1.165) is 32.3 Å². The molecule has 20 heavy (non-hydrogen) atoms. The lowest BCUT2D eigenvalue weighted by atomic mass is 9.47. The fourth-order valence-electron chi connectivity index (χ4n) is 6.16. The summed E-state index contributed by atoms with van der Waals surface area (Å²) in [7, 11) is 0. The number of hydrogen-bond acceptors (Lipinski definition) is 3. The van der Waals surface area contributed by atoms with Crippen molar-refractivity contribution in [3.05, 3.63) is 0 Å². The molecule has 4 fully saturated rings. The lowest BCUT2D eigenvalue weighted by Gasteiger charge is -2.61. The van der Waals surface area contributed by atoms with Crippen molar-refractivity contribution < 1.29 is 14.6 Å². The van der Waals surface area contributed by atoms with E-state index < -0.39 is 0 Å². The minimum Gasteiger partial charge on any atom is -0.393 e. The molecule has 4 rings (SSSR count). The van der Waals surface area contributed by atoms with Crippen LogP contribution < -0.4 is 0 Å². The second kappa shape index (κ2) is 3.99. The van der Waals surface area contributed by atoms with Crippen molar-refractivity contribution in [1.82, 2.24) is 0 Å². The molecule has 3 heteroatoms. The molecule has 4 aliphatic rings. The van der Waals surface area contributed by atoms with Gasteiger partial charge in [-0.25, -0.2) is 0 Å². The maximum Gasteiger partial charge on any atom is 0.166 e. The van der Waals surface area contributed by atoms with Crippen LogP contribution in [0.1, 0.15) is 59.3 Å². The molecular weight excluding hydrogens is 252 g/mol. The fourth-order valence-corrected chi connectivity index (χ4v) is 6.16. The van der Waals surface area contributed by atoms with Gasteiger partial charge in [0.15, 0.2) is 5.79 Å². The van der Waals surface area contributed by atoms with Gasteiger partial charge >= 0.3 is 0 Å². The zero-order valence-electron chi connectivity index (χ0n) is 13.0. The highest BCUT2D eigenvalue weighted by Gasteiger charge is 2.65. The molecule has 114 valence electrons. The van der Waals surface area contributed by atoms with Gasteiger partial charge in [0.2, 0.25) is 0 Å². The smallest absolute Gasteiger partial charge is 0.166 e. The molecule has 0 aromatic heterocycles. The highest BCUT2D eigenvalue weighted by atomic mass is 16.8. The normalized spacial score (nSPS) is 61.8. The van der Waals surface area contributed by atoms with E-state index in [1.807, 2.05) is 0 Å². The highest BCUT2D eigenvalue weighted by Crippen LogP contribution is 2.64. The summed E-state index contributed by atoms with van der Waals surface area (Å²) in [4.78, 5) is 0. The molecule has 1 N–H and O–H groups in total. The molecule has 2 heterocycles. The van der Waals surface area contributed by atoms with Gasteiger partial charge in [-0.2, -0.15) is 0 Å². The molecule has 0 aromatic rings. The van der Waals surface area contributed by atoms with E-state index in [1.165, 1.54) is 12.8 Å². The van der Waals surface area contributed by atoms with Gasteiger partial charge in [-0.15, -0.1) is 0 Å². The summed E-state index contributed by atoms with van der Waals surface area (Å²) in [5, 5.41) is 10.2. The predicted octanol–water partition coefficient (Wildman–Crippen LogP) is 3.11. The lowest BCUT2D eigenvalue weighted by molar-refractivity contribution is -0.259. The minimum atomic E-state index is -0.320. The van der Waals surface area contributed by atoms with Crippen LogP contribution in [-0.4, -0.2) is 29.2 Å². The van der Waals surface area contributed by atoms with E-state index in [2.05, 4.69) is 20.8 Å². The number of ether oxygens (including phenoxy) is 2. The zero-order chi connectivity index (χ0) is 14.2. The van der Waals surface area contributed by atoms with E-state index >= 15 is 0 Å². The first kappa shape index (κ1) is 13.5. The Balaban J connectivity index is 1.70. The van der Waals surface area contributed by atoms with E-state index in [4.69, 9.17) is 9.47 Å². The van der Waals surface area contributed by atoms with Crippen molar-refractivity contribution >= 4 is 0 Å². The van der Waals surface area contributed by atoms with Crippen LogP contribution in [0.2, 0.25) is 0 Å². The third kappa shape index (κ3) is 1.57. The van der Waals surface area contributed by atoms with Crippen LogP contribution in [-0.2, 0) is 9.47 Å². The van der Waals surface area contributed by atoms with Gasteiger partial charge in [-0.05, 0) is 62.2 Å². The van der Waals surface area contributed by atoms with Gasteiger partial charge in [0, 0.05) is 6.42 Å². The summed E-state index contributed by atoms with van der Waals surface area (Å²) in [6.07, 6.45) is 6.56. The topological polar surface area (TPSA) is 38.7 Å². The van der Waals surface area contributed by atoms with Crippen LogP contribution in [0, 0.1) is 23.2 Å². The SMILES string of the molecule is C[C@@H]1[C@@H](O)CC[C@@]2(C)[C@H]1CC[C@]13CO[C@](C)(CC[C@@H]12)O3. The van der Waals surface area contributed by atoms with Crippen molar-refractivity contribution in [3.63, 3.8) is 0 Å². The third-order valence-electron chi connectivity index (χ3n) is 7.31. The van der Waals surface area contributed by atoms with Gasteiger partial charge in [0.1, 0.15) is 0 Å². The Morgan fingerprint density at radius 3 is 2.65 bits per heavy atom. The van der Waals surface area contributed by atoms with Crippen LogP contribution in [0.3, 0.4) is 0 Å². The van der Waals surface area contributed by atoms with E-state index in [0.29, 0.717) is 23.2 Å². The predicted molar refractivity (Wildman–Crippen MR) is 76.1 cm³/mol. The van der Waals surface area contributed by atoms with Crippen molar-refractivity contribution in [3.8, 4) is 0 Å². The Hall–Kier alpha value is -0.120. The van der Waals surface area contributed by atoms with Crippen LogP contribution in [0.5, 0.6) is 0 Å². The van der Waals surface area contributed by atoms with Crippen LogP contribution in [0.25, 0.3) is 0 Å². The molecule has 2 aliphatic heterocycles. The van der Waals surface area contributed by atoms with Gasteiger partial charge in [0.05, 0.1) is 18.3 Å². The van der Waals surface area contributed by atoms with Crippen LogP contribution in [0.4, 0.5) is 0 Å². The number of aliphatic hydroxyl groups is 1. The number of aliphatic hydroxyl groups excluding tert-OH is 1.